The van der Waals surface area contributed by atoms with Crippen LogP contribution in [0.3, 0.4) is 0 Å². The number of benzene rings is 1. The molecule has 0 unspecified atom stereocenters. The smallest absolute Gasteiger partial charge is 0.123 e. The van der Waals surface area contributed by atoms with Crippen molar-refractivity contribution >= 4 is 0 Å². The van der Waals surface area contributed by atoms with Gasteiger partial charge in [0.15, 0.2) is 0 Å². The van der Waals surface area contributed by atoms with Gasteiger partial charge in [-0.15, -0.1) is 10.2 Å². The van der Waals surface area contributed by atoms with Crippen molar-refractivity contribution in [2.24, 2.45) is 0 Å². The van der Waals surface area contributed by atoms with Gasteiger partial charge in [0.25, 0.3) is 0 Å². The highest BCUT2D eigenvalue weighted by atomic mass is 15.2. The first-order valence-corrected chi connectivity index (χ1v) is 5.34. The second kappa shape index (κ2) is 5.96. The summed E-state index contributed by atoms with van der Waals surface area (Å²) in [4.78, 5) is 0. The molecule has 80 valence electrons. The van der Waals surface area contributed by atoms with Crippen molar-refractivity contribution < 1.29 is 0 Å². The maximum atomic E-state index is 3.75. The van der Waals surface area contributed by atoms with E-state index in [1.807, 2.05) is 18.4 Å². The summed E-state index contributed by atoms with van der Waals surface area (Å²) in [5, 5.41) is 7.51. The van der Waals surface area contributed by atoms with Crippen LogP contribution < -0.4 is 0 Å². The Kier molecular flexibility index (Phi) is 4.54. The summed E-state index contributed by atoms with van der Waals surface area (Å²) in [6.07, 6.45) is 4.46. The van der Waals surface area contributed by atoms with Crippen LogP contribution in [0.25, 0.3) is 5.69 Å². The highest BCUT2D eigenvalue weighted by Gasteiger charge is 1.94. The van der Waals surface area contributed by atoms with E-state index in [9.17, 15) is 0 Å². The summed E-state index contributed by atoms with van der Waals surface area (Å²) < 4.78 is 1.89. The first-order chi connectivity index (χ1) is 7.40. The molecule has 0 saturated carbocycles. The summed E-state index contributed by atoms with van der Waals surface area (Å²) in [6, 6.07) is 8.38. The maximum Gasteiger partial charge on any atom is 0.123 e. The number of rotatable bonds is 2. The van der Waals surface area contributed by atoms with Gasteiger partial charge in [-0.25, -0.2) is 0 Å². The van der Waals surface area contributed by atoms with Crippen LogP contribution in [0.15, 0.2) is 36.9 Å². The van der Waals surface area contributed by atoms with E-state index in [1.165, 1.54) is 5.56 Å². The molecule has 1 aromatic heterocycles. The number of nitrogens with zero attached hydrogens (tertiary/aromatic N) is 3. The molecule has 0 aliphatic rings. The van der Waals surface area contributed by atoms with E-state index >= 15 is 0 Å². The Morgan fingerprint density at radius 3 is 2.00 bits per heavy atom. The van der Waals surface area contributed by atoms with Crippen LogP contribution in [0.1, 0.15) is 26.3 Å². The fourth-order valence-electron chi connectivity index (χ4n) is 1.24. The summed E-state index contributed by atoms with van der Waals surface area (Å²) in [7, 11) is 0. The van der Waals surface area contributed by atoms with E-state index < -0.39 is 0 Å². The zero-order chi connectivity index (χ0) is 11.1. The summed E-state index contributed by atoms with van der Waals surface area (Å²) in [6.45, 7) is 6.15. The second-order valence-electron chi connectivity index (χ2n) is 2.89. The fraction of sp³-hybridized carbons (Fsp3) is 0.333. The van der Waals surface area contributed by atoms with E-state index in [-0.39, 0.29) is 0 Å². The Morgan fingerprint density at radius 2 is 1.53 bits per heavy atom. The van der Waals surface area contributed by atoms with Crippen LogP contribution in [0, 0.1) is 0 Å². The highest BCUT2D eigenvalue weighted by Crippen LogP contribution is 2.08. The van der Waals surface area contributed by atoms with Gasteiger partial charge in [-0.05, 0) is 24.1 Å². The van der Waals surface area contributed by atoms with Gasteiger partial charge in [0.2, 0.25) is 0 Å². The normalized spacial score (nSPS) is 9.27. The van der Waals surface area contributed by atoms with Crippen LogP contribution in [-0.4, -0.2) is 14.8 Å². The topological polar surface area (TPSA) is 30.7 Å². The van der Waals surface area contributed by atoms with Gasteiger partial charge in [0, 0.05) is 5.69 Å². The van der Waals surface area contributed by atoms with E-state index in [1.54, 1.807) is 12.7 Å². The number of aromatic nitrogens is 3. The molecule has 0 radical (unpaired) electrons. The van der Waals surface area contributed by atoms with Crippen molar-refractivity contribution in [3.8, 4) is 5.69 Å². The van der Waals surface area contributed by atoms with Crippen LogP contribution >= 0.6 is 0 Å². The second-order valence-corrected chi connectivity index (χ2v) is 2.89. The molecule has 1 aromatic carbocycles. The largest absolute Gasteiger partial charge is 0.288 e. The molecule has 0 aliphatic heterocycles. The van der Waals surface area contributed by atoms with Crippen molar-refractivity contribution in [3.63, 3.8) is 0 Å². The van der Waals surface area contributed by atoms with Gasteiger partial charge in [0.05, 0.1) is 0 Å². The molecule has 0 saturated heterocycles. The minimum absolute atomic E-state index is 1.07. The maximum absolute atomic E-state index is 3.75. The predicted octanol–water partition coefficient (Wildman–Crippen LogP) is 2.86. The minimum atomic E-state index is 1.07. The fourth-order valence-corrected chi connectivity index (χ4v) is 1.24. The van der Waals surface area contributed by atoms with Gasteiger partial charge in [-0.1, -0.05) is 32.9 Å². The molecular weight excluding hydrogens is 186 g/mol. The van der Waals surface area contributed by atoms with E-state index in [4.69, 9.17) is 0 Å². The average Bonchev–Trinajstić information content (AvgIpc) is 2.85. The van der Waals surface area contributed by atoms with Gasteiger partial charge < -0.3 is 0 Å². The van der Waals surface area contributed by atoms with Crippen molar-refractivity contribution in [3.05, 3.63) is 42.5 Å². The van der Waals surface area contributed by atoms with Crippen molar-refractivity contribution in [1.82, 2.24) is 14.8 Å². The summed E-state index contributed by atoms with van der Waals surface area (Å²) >= 11 is 0. The lowest BCUT2D eigenvalue weighted by molar-refractivity contribution is 1.05. The third-order valence-electron chi connectivity index (χ3n) is 2.06. The highest BCUT2D eigenvalue weighted by molar-refractivity contribution is 5.33. The Bertz CT molecular complexity index is 362. The van der Waals surface area contributed by atoms with Crippen molar-refractivity contribution in [2.45, 2.75) is 27.2 Å². The lowest BCUT2D eigenvalue weighted by atomic mass is 10.1. The molecule has 2 aromatic rings. The molecule has 15 heavy (non-hydrogen) atoms. The molecule has 0 bridgehead atoms. The molecule has 0 spiro atoms. The molecule has 3 nitrogen and oxygen atoms in total. The average molecular weight is 203 g/mol. The third kappa shape index (κ3) is 2.91. The SMILES string of the molecule is CC.CCc1ccc(-n2cnnc2)cc1. The van der Waals surface area contributed by atoms with Gasteiger partial charge in [-0.2, -0.15) is 0 Å². The lowest BCUT2D eigenvalue weighted by Crippen LogP contribution is -1.90. The Labute approximate surface area is 90.8 Å². The van der Waals surface area contributed by atoms with Crippen molar-refractivity contribution in [1.29, 1.82) is 0 Å². The van der Waals surface area contributed by atoms with E-state index in [0.29, 0.717) is 0 Å². The molecule has 0 amide bonds. The zero-order valence-corrected chi connectivity index (χ0v) is 9.51. The third-order valence-corrected chi connectivity index (χ3v) is 2.06. The number of hydrogen-bond donors (Lipinski definition) is 0. The molecule has 0 aliphatic carbocycles. The number of aryl methyl sites for hydroxylation is 1. The monoisotopic (exact) mass is 203 g/mol. The van der Waals surface area contributed by atoms with E-state index in [2.05, 4.69) is 41.4 Å². The first kappa shape index (κ1) is 11.4. The summed E-state index contributed by atoms with van der Waals surface area (Å²) in [5.74, 6) is 0. The van der Waals surface area contributed by atoms with Gasteiger partial charge in [0.1, 0.15) is 12.7 Å². The quantitative estimate of drug-likeness (QED) is 0.751. The molecule has 3 heteroatoms. The zero-order valence-electron chi connectivity index (χ0n) is 9.51. The molecule has 1 heterocycles. The lowest BCUT2D eigenvalue weighted by Gasteiger charge is -2.01. The predicted molar refractivity (Wildman–Crippen MR) is 62.1 cm³/mol. The van der Waals surface area contributed by atoms with Crippen LogP contribution in [-0.2, 0) is 6.42 Å². The Balaban J connectivity index is 0.000000531. The molecule has 2 rings (SSSR count). The summed E-state index contributed by atoms with van der Waals surface area (Å²) in [5.41, 5.74) is 2.44. The van der Waals surface area contributed by atoms with Gasteiger partial charge in [-0.3, -0.25) is 4.57 Å². The molecule has 0 N–H and O–H groups in total. The van der Waals surface area contributed by atoms with E-state index in [0.717, 1.165) is 12.1 Å². The molecular formula is C12H17N3. The Hall–Kier alpha value is -1.64. The molecule has 0 atom stereocenters. The minimum Gasteiger partial charge on any atom is -0.288 e. The van der Waals surface area contributed by atoms with Gasteiger partial charge >= 0.3 is 0 Å². The molecule has 0 fully saturated rings. The van der Waals surface area contributed by atoms with Crippen LogP contribution in [0.2, 0.25) is 0 Å². The van der Waals surface area contributed by atoms with Crippen LogP contribution in [0.5, 0.6) is 0 Å². The Morgan fingerprint density at radius 1 is 1.00 bits per heavy atom. The number of hydrogen-bond acceptors (Lipinski definition) is 2. The first-order valence-electron chi connectivity index (χ1n) is 5.34. The van der Waals surface area contributed by atoms with Crippen LogP contribution in [0.4, 0.5) is 0 Å². The standard InChI is InChI=1S/C10H11N3.C2H6/c1-2-9-3-5-10(6-4-9)13-7-11-12-8-13;1-2/h3-8H,2H2,1H3;1-2H3. The van der Waals surface area contributed by atoms with Crippen molar-refractivity contribution in [2.75, 3.05) is 0 Å².